The fraction of sp³-hybridized carbons (Fsp3) is 0.417. The molecule has 0 amide bonds. The van der Waals surface area contributed by atoms with Gasteiger partial charge in [0.15, 0.2) is 0 Å². The predicted molar refractivity (Wildman–Crippen MR) is 76.2 cm³/mol. The van der Waals surface area contributed by atoms with Crippen LogP contribution in [0.2, 0.25) is 0 Å². The van der Waals surface area contributed by atoms with Crippen molar-refractivity contribution < 1.29 is 0 Å². The van der Waals surface area contributed by atoms with Gasteiger partial charge in [-0.15, -0.1) is 11.8 Å². The number of nitrogens with two attached hydrogens (primary N) is 1. The Morgan fingerprint density at radius 1 is 1.50 bits per heavy atom. The largest absolute Gasteiger partial charge is 0.387 e. The number of nitrogens with zero attached hydrogens (tertiary/aromatic N) is 1. The molecule has 1 aromatic rings. The summed E-state index contributed by atoms with van der Waals surface area (Å²) in [5.74, 6) is 2.04. The lowest BCUT2D eigenvalue weighted by atomic mass is 10.2. The van der Waals surface area contributed by atoms with Crippen molar-refractivity contribution >= 4 is 33.5 Å². The molecule has 0 saturated carbocycles. The molecule has 0 aliphatic heterocycles. The van der Waals surface area contributed by atoms with Crippen LogP contribution in [0, 0.1) is 5.92 Å². The third-order valence-electron chi connectivity index (χ3n) is 1.84. The van der Waals surface area contributed by atoms with Gasteiger partial charge in [-0.05, 0) is 24.1 Å². The van der Waals surface area contributed by atoms with Crippen LogP contribution < -0.4 is 5.73 Å². The van der Waals surface area contributed by atoms with Gasteiger partial charge in [0.25, 0.3) is 0 Å². The topological polar surface area (TPSA) is 38.4 Å². The SMILES string of the molecule is CC(C)CN=C(N)CSc1cccc(Br)c1. The molecule has 4 heteroatoms. The van der Waals surface area contributed by atoms with Crippen LogP contribution in [-0.2, 0) is 0 Å². The van der Waals surface area contributed by atoms with E-state index < -0.39 is 0 Å². The van der Waals surface area contributed by atoms with Crippen LogP contribution in [0.5, 0.6) is 0 Å². The zero-order valence-electron chi connectivity index (χ0n) is 9.61. The van der Waals surface area contributed by atoms with E-state index in [1.165, 1.54) is 4.90 Å². The summed E-state index contributed by atoms with van der Waals surface area (Å²) in [6.45, 7) is 5.08. The third kappa shape index (κ3) is 5.56. The van der Waals surface area contributed by atoms with Crippen molar-refractivity contribution in [3.63, 3.8) is 0 Å². The van der Waals surface area contributed by atoms with E-state index in [1.54, 1.807) is 11.8 Å². The molecule has 0 aromatic heterocycles. The second-order valence-corrected chi connectivity index (χ2v) is 5.94. The van der Waals surface area contributed by atoms with E-state index in [2.05, 4.69) is 46.9 Å². The van der Waals surface area contributed by atoms with E-state index in [9.17, 15) is 0 Å². The van der Waals surface area contributed by atoms with Gasteiger partial charge in [0, 0.05) is 15.9 Å². The van der Waals surface area contributed by atoms with E-state index in [-0.39, 0.29) is 0 Å². The molecule has 88 valence electrons. The molecule has 16 heavy (non-hydrogen) atoms. The van der Waals surface area contributed by atoms with E-state index in [0.717, 1.165) is 22.6 Å². The average Bonchev–Trinajstić information content (AvgIpc) is 2.23. The smallest absolute Gasteiger partial charge is 0.104 e. The number of amidine groups is 1. The number of thioether (sulfide) groups is 1. The van der Waals surface area contributed by atoms with E-state index in [1.807, 2.05) is 12.1 Å². The number of rotatable bonds is 5. The summed E-state index contributed by atoms with van der Waals surface area (Å²) in [5, 5.41) is 0. The van der Waals surface area contributed by atoms with Gasteiger partial charge < -0.3 is 5.73 Å². The van der Waals surface area contributed by atoms with Crippen LogP contribution in [0.15, 0.2) is 38.6 Å². The Hall–Kier alpha value is -0.480. The third-order valence-corrected chi connectivity index (χ3v) is 3.36. The Bertz CT molecular complexity index is 364. The molecule has 2 N–H and O–H groups in total. The number of hydrogen-bond donors (Lipinski definition) is 1. The number of hydrogen-bond acceptors (Lipinski definition) is 2. The lowest BCUT2D eigenvalue weighted by Gasteiger charge is -2.03. The van der Waals surface area contributed by atoms with Crippen LogP contribution in [-0.4, -0.2) is 18.1 Å². The highest BCUT2D eigenvalue weighted by Gasteiger charge is 1.98. The summed E-state index contributed by atoms with van der Waals surface area (Å²) in [7, 11) is 0. The van der Waals surface area contributed by atoms with Gasteiger partial charge in [0.1, 0.15) is 5.84 Å². The van der Waals surface area contributed by atoms with Crippen molar-refractivity contribution in [2.24, 2.45) is 16.6 Å². The molecule has 0 saturated heterocycles. The normalized spacial score (nSPS) is 12.1. The average molecular weight is 301 g/mol. The van der Waals surface area contributed by atoms with Crippen molar-refractivity contribution in [2.45, 2.75) is 18.7 Å². The molecule has 0 aliphatic rings. The van der Waals surface area contributed by atoms with E-state index in [4.69, 9.17) is 5.73 Å². The number of aliphatic imine (C=N–C) groups is 1. The van der Waals surface area contributed by atoms with Gasteiger partial charge in [0.2, 0.25) is 0 Å². The van der Waals surface area contributed by atoms with E-state index >= 15 is 0 Å². The highest BCUT2D eigenvalue weighted by atomic mass is 79.9. The summed E-state index contributed by atoms with van der Waals surface area (Å²) < 4.78 is 1.09. The lowest BCUT2D eigenvalue weighted by Crippen LogP contribution is -2.16. The molecule has 0 aliphatic carbocycles. The Kier molecular flexibility index (Phi) is 5.91. The molecule has 1 aromatic carbocycles. The van der Waals surface area contributed by atoms with Gasteiger partial charge in [-0.25, -0.2) is 0 Å². The quantitative estimate of drug-likeness (QED) is 0.513. The second-order valence-electron chi connectivity index (χ2n) is 3.97. The summed E-state index contributed by atoms with van der Waals surface area (Å²) in [4.78, 5) is 5.53. The zero-order valence-corrected chi connectivity index (χ0v) is 12.0. The Balaban J connectivity index is 2.42. The lowest BCUT2D eigenvalue weighted by molar-refractivity contribution is 0.665. The first-order chi connectivity index (χ1) is 7.58. The van der Waals surface area contributed by atoms with Crippen molar-refractivity contribution in [3.05, 3.63) is 28.7 Å². The minimum atomic E-state index is 0.564. The molecule has 0 heterocycles. The highest BCUT2D eigenvalue weighted by Crippen LogP contribution is 2.21. The minimum Gasteiger partial charge on any atom is -0.387 e. The fourth-order valence-corrected chi connectivity index (χ4v) is 2.40. The predicted octanol–water partition coefficient (Wildman–Crippen LogP) is 3.55. The van der Waals surface area contributed by atoms with Gasteiger partial charge >= 0.3 is 0 Å². The molecule has 0 atom stereocenters. The summed E-state index contributed by atoms with van der Waals surface area (Å²) in [5.41, 5.74) is 5.83. The molecular weight excluding hydrogens is 284 g/mol. The molecule has 2 nitrogen and oxygen atoms in total. The van der Waals surface area contributed by atoms with Crippen LogP contribution in [0.1, 0.15) is 13.8 Å². The number of halogens is 1. The summed E-state index contributed by atoms with van der Waals surface area (Å²) in [6, 6.07) is 8.19. The molecule has 1 rings (SSSR count). The molecular formula is C12H17BrN2S. The molecule has 0 radical (unpaired) electrons. The van der Waals surface area contributed by atoms with Gasteiger partial charge in [-0.2, -0.15) is 0 Å². The van der Waals surface area contributed by atoms with Crippen LogP contribution in [0.25, 0.3) is 0 Å². The van der Waals surface area contributed by atoms with Crippen molar-refractivity contribution in [3.8, 4) is 0 Å². The first-order valence-corrected chi connectivity index (χ1v) is 7.03. The second kappa shape index (κ2) is 6.97. The fourth-order valence-electron chi connectivity index (χ4n) is 1.06. The highest BCUT2D eigenvalue weighted by molar-refractivity contribution is 9.10. The van der Waals surface area contributed by atoms with Crippen molar-refractivity contribution in [1.29, 1.82) is 0 Å². The molecule has 0 unspecified atom stereocenters. The first-order valence-electron chi connectivity index (χ1n) is 5.25. The maximum atomic E-state index is 5.83. The van der Waals surface area contributed by atoms with E-state index in [0.29, 0.717) is 5.92 Å². The number of benzene rings is 1. The van der Waals surface area contributed by atoms with Gasteiger partial charge in [0.05, 0.1) is 5.75 Å². The van der Waals surface area contributed by atoms with Crippen LogP contribution in [0.4, 0.5) is 0 Å². The molecule has 0 bridgehead atoms. The van der Waals surface area contributed by atoms with Crippen molar-refractivity contribution in [1.82, 2.24) is 0 Å². The monoisotopic (exact) mass is 300 g/mol. The Morgan fingerprint density at radius 2 is 2.25 bits per heavy atom. The molecule has 0 fully saturated rings. The standard InChI is InChI=1S/C12H17BrN2S/c1-9(2)7-15-12(14)8-16-11-5-3-4-10(13)6-11/h3-6,9H,7-8H2,1-2H3,(H2,14,15). The minimum absolute atomic E-state index is 0.564. The van der Waals surface area contributed by atoms with Crippen molar-refractivity contribution in [2.75, 3.05) is 12.3 Å². The maximum Gasteiger partial charge on any atom is 0.104 e. The van der Waals surface area contributed by atoms with Crippen LogP contribution in [0.3, 0.4) is 0 Å². The summed E-state index contributed by atoms with van der Waals surface area (Å²) >= 11 is 5.15. The zero-order chi connectivity index (χ0) is 12.0. The molecule has 0 spiro atoms. The van der Waals surface area contributed by atoms with Gasteiger partial charge in [-0.3, -0.25) is 4.99 Å². The van der Waals surface area contributed by atoms with Crippen LogP contribution >= 0.6 is 27.7 Å². The van der Waals surface area contributed by atoms with Gasteiger partial charge in [-0.1, -0.05) is 35.8 Å². The Labute approximate surface area is 110 Å². The Morgan fingerprint density at radius 3 is 2.88 bits per heavy atom. The first kappa shape index (κ1) is 13.6. The maximum absolute atomic E-state index is 5.83. The summed E-state index contributed by atoms with van der Waals surface area (Å²) in [6.07, 6.45) is 0.